The fourth-order valence-corrected chi connectivity index (χ4v) is 3.81. The van der Waals surface area contributed by atoms with Crippen LogP contribution in [0, 0.1) is 11.6 Å². The molecule has 4 rings (SSSR count). The smallest absolute Gasteiger partial charge is 0.354 e. The minimum Gasteiger partial charge on any atom is -0.461 e. The number of fused-ring (bicyclic) bond motifs is 1. The van der Waals surface area contributed by atoms with Crippen molar-refractivity contribution in [3.8, 4) is 0 Å². The molecule has 8 nitrogen and oxygen atoms in total. The van der Waals surface area contributed by atoms with Crippen molar-refractivity contribution in [2.24, 2.45) is 0 Å². The van der Waals surface area contributed by atoms with E-state index < -0.39 is 35.0 Å². The van der Waals surface area contributed by atoms with Gasteiger partial charge in [-0.05, 0) is 48.9 Å². The SMILES string of the molecule is CCOC(=O)c1cc2cc(N3CC[C@@](O)(C(=O)NCc4cc(F)cc(F)c4)C3=O)ccc2[nH]1. The fourth-order valence-electron chi connectivity index (χ4n) is 3.81. The summed E-state index contributed by atoms with van der Waals surface area (Å²) >= 11 is 0. The number of aromatic nitrogens is 1. The molecule has 33 heavy (non-hydrogen) atoms. The lowest BCUT2D eigenvalue weighted by atomic mass is 10.0. The average Bonchev–Trinajstić information content (AvgIpc) is 3.33. The number of esters is 1. The number of aliphatic hydroxyl groups is 1. The van der Waals surface area contributed by atoms with Gasteiger partial charge >= 0.3 is 5.97 Å². The third kappa shape index (κ3) is 4.29. The van der Waals surface area contributed by atoms with E-state index in [1.807, 2.05) is 0 Å². The van der Waals surface area contributed by atoms with Crippen LogP contribution >= 0.6 is 0 Å². The molecule has 1 aliphatic rings. The van der Waals surface area contributed by atoms with E-state index in [0.29, 0.717) is 22.7 Å². The zero-order valence-corrected chi connectivity index (χ0v) is 17.7. The maximum Gasteiger partial charge on any atom is 0.354 e. The molecular weight excluding hydrogens is 436 g/mol. The molecule has 0 bridgehead atoms. The molecule has 0 radical (unpaired) electrons. The number of nitrogens with one attached hydrogen (secondary N) is 2. The molecule has 0 aliphatic carbocycles. The molecule has 0 spiro atoms. The van der Waals surface area contributed by atoms with Gasteiger partial charge in [-0.15, -0.1) is 0 Å². The number of rotatable bonds is 6. The first kappa shape index (κ1) is 22.4. The van der Waals surface area contributed by atoms with Crippen molar-refractivity contribution in [3.63, 3.8) is 0 Å². The van der Waals surface area contributed by atoms with Crippen molar-refractivity contribution in [1.29, 1.82) is 0 Å². The Bertz CT molecular complexity index is 1240. The lowest BCUT2D eigenvalue weighted by Crippen LogP contribution is -2.52. The minimum absolute atomic E-state index is 0.0814. The van der Waals surface area contributed by atoms with Crippen molar-refractivity contribution in [3.05, 3.63) is 65.4 Å². The molecule has 10 heteroatoms. The third-order valence-electron chi connectivity index (χ3n) is 5.46. The van der Waals surface area contributed by atoms with Crippen LogP contribution in [-0.2, 0) is 20.9 Å². The van der Waals surface area contributed by atoms with E-state index in [1.165, 1.54) is 4.90 Å². The Morgan fingerprint density at radius 2 is 1.91 bits per heavy atom. The summed E-state index contributed by atoms with van der Waals surface area (Å²) in [4.78, 5) is 41.7. The quantitative estimate of drug-likeness (QED) is 0.389. The normalized spacial score (nSPS) is 18.1. The van der Waals surface area contributed by atoms with Gasteiger partial charge in [0.2, 0.25) is 5.60 Å². The van der Waals surface area contributed by atoms with Crippen LogP contribution in [0.4, 0.5) is 14.5 Å². The van der Waals surface area contributed by atoms with E-state index in [4.69, 9.17) is 4.74 Å². The number of hydrogen-bond donors (Lipinski definition) is 3. The highest BCUT2D eigenvalue weighted by Crippen LogP contribution is 2.31. The second kappa shape index (κ2) is 8.62. The van der Waals surface area contributed by atoms with Gasteiger partial charge in [0.15, 0.2) is 0 Å². The van der Waals surface area contributed by atoms with Gasteiger partial charge in [-0.3, -0.25) is 9.59 Å². The number of anilines is 1. The minimum atomic E-state index is -2.31. The second-order valence-electron chi connectivity index (χ2n) is 7.70. The molecule has 1 aliphatic heterocycles. The van der Waals surface area contributed by atoms with E-state index in [-0.39, 0.29) is 37.4 Å². The summed E-state index contributed by atoms with van der Waals surface area (Å²) in [6.07, 6.45) is -0.158. The highest BCUT2D eigenvalue weighted by molar-refractivity contribution is 6.16. The summed E-state index contributed by atoms with van der Waals surface area (Å²) in [5.41, 5.74) is -0.792. The van der Waals surface area contributed by atoms with Crippen LogP contribution in [0.2, 0.25) is 0 Å². The van der Waals surface area contributed by atoms with Crippen LogP contribution in [0.5, 0.6) is 0 Å². The predicted octanol–water partition coefficient (Wildman–Crippen LogP) is 2.41. The zero-order valence-electron chi connectivity index (χ0n) is 17.7. The number of amides is 2. The molecular formula is C23H21F2N3O5. The van der Waals surface area contributed by atoms with Gasteiger partial charge in [-0.1, -0.05) is 0 Å². The number of hydrogen-bond acceptors (Lipinski definition) is 5. The summed E-state index contributed by atoms with van der Waals surface area (Å²) in [5.74, 6) is -3.87. The molecule has 3 aromatic rings. The lowest BCUT2D eigenvalue weighted by Gasteiger charge is -2.22. The molecule has 0 unspecified atom stereocenters. The summed E-state index contributed by atoms with van der Waals surface area (Å²) in [6, 6.07) is 9.36. The summed E-state index contributed by atoms with van der Waals surface area (Å²) in [6.45, 7) is 1.76. The highest BCUT2D eigenvalue weighted by atomic mass is 19.1. The predicted molar refractivity (Wildman–Crippen MR) is 114 cm³/mol. The molecule has 1 fully saturated rings. The number of halogens is 2. The van der Waals surface area contributed by atoms with Crippen LogP contribution in [0.3, 0.4) is 0 Å². The number of carbonyl (C=O) groups is 3. The van der Waals surface area contributed by atoms with E-state index >= 15 is 0 Å². The van der Waals surface area contributed by atoms with E-state index in [0.717, 1.165) is 12.1 Å². The Morgan fingerprint density at radius 3 is 2.61 bits per heavy atom. The zero-order chi connectivity index (χ0) is 23.8. The summed E-state index contributed by atoms with van der Waals surface area (Å²) in [5, 5.41) is 13.8. The molecule has 2 aromatic carbocycles. The topological polar surface area (TPSA) is 112 Å². The van der Waals surface area contributed by atoms with Crippen LogP contribution in [0.25, 0.3) is 10.9 Å². The van der Waals surface area contributed by atoms with Crippen LogP contribution in [0.15, 0.2) is 42.5 Å². The standard InChI is InChI=1S/C23H21F2N3O5/c1-2-33-20(29)19-10-14-9-17(3-4-18(14)27-19)28-6-5-23(32,22(28)31)21(30)26-12-13-7-15(24)11-16(25)8-13/h3-4,7-11,27,32H,2,5-6,12H2,1H3,(H,26,30)/t23-/m1/s1. The van der Waals surface area contributed by atoms with Gasteiger partial charge in [0.1, 0.15) is 17.3 Å². The highest BCUT2D eigenvalue weighted by Gasteiger charge is 2.51. The lowest BCUT2D eigenvalue weighted by molar-refractivity contribution is -0.149. The number of aromatic amines is 1. The first-order valence-corrected chi connectivity index (χ1v) is 10.3. The van der Waals surface area contributed by atoms with Crippen LogP contribution in [0.1, 0.15) is 29.4 Å². The molecule has 1 saturated heterocycles. The van der Waals surface area contributed by atoms with E-state index in [9.17, 15) is 28.3 Å². The van der Waals surface area contributed by atoms with Crippen molar-refractivity contribution < 1.29 is 33.0 Å². The second-order valence-corrected chi connectivity index (χ2v) is 7.70. The monoisotopic (exact) mass is 457 g/mol. The van der Waals surface area contributed by atoms with Crippen molar-refractivity contribution in [2.45, 2.75) is 25.5 Å². The Morgan fingerprint density at radius 1 is 1.18 bits per heavy atom. The van der Waals surface area contributed by atoms with Crippen LogP contribution < -0.4 is 10.2 Å². The number of benzene rings is 2. The van der Waals surface area contributed by atoms with Crippen molar-refractivity contribution in [1.82, 2.24) is 10.3 Å². The van der Waals surface area contributed by atoms with E-state index in [2.05, 4.69) is 10.3 Å². The van der Waals surface area contributed by atoms with Gasteiger partial charge in [0.25, 0.3) is 11.8 Å². The van der Waals surface area contributed by atoms with Crippen LogP contribution in [-0.4, -0.2) is 46.6 Å². The fraction of sp³-hybridized carbons (Fsp3) is 0.261. The Kier molecular flexibility index (Phi) is 5.86. The molecule has 0 saturated carbocycles. The largest absolute Gasteiger partial charge is 0.461 e. The van der Waals surface area contributed by atoms with E-state index in [1.54, 1.807) is 31.2 Å². The van der Waals surface area contributed by atoms with Gasteiger partial charge in [-0.2, -0.15) is 0 Å². The Hall–Kier alpha value is -3.79. The molecule has 3 N–H and O–H groups in total. The summed E-state index contributed by atoms with van der Waals surface area (Å²) in [7, 11) is 0. The maximum atomic E-state index is 13.3. The molecule has 172 valence electrons. The number of carbonyl (C=O) groups excluding carboxylic acids is 3. The first-order valence-electron chi connectivity index (χ1n) is 10.3. The number of H-pyrrole nitrogens is 1. The summed E-state index contributed by atoms with van der Waals surface area (Å²) < 4.78 is 31.6. The van der Waals surface area contributed by atoms with Crippen molar-refractivity contribution in [2.75, 3.05) is 18.1 Å². The number of ether oxygens (including phenoxy) is 1. The van der Waals surface area contributed by atoms with Gasteiger partial charge in [0, 0.05) is 42.2 Å². The molecule has 2 amide bonds. The van der Waals surface area contributed by atoms with Gasteiger partial charge in [-0.25, -0.2) is 13.6 Å². The molecule has 2 heterocycles. The Balaban J connectivity index is 1.49. The molecule has 1 atom stereocenters. The maximum absolute atomic E-state index is 13.3. The van der Waals surface area contributed by atoms with Crippen molar-refractivity contribution >= 4 is 34.4 Å². The third-order valence-corrected chi connectivity index (χ3v) is 5.46. The average molecular weight is 457 g/mol. The number of nitrogens with zero attached hydrogens (tertiary/aromatic N) is 1. The van der Waals surface area contributed by atoms with Gasteiger partial charge < -0.3 is 25.0 Å². The first-order chi connectivity index (χ1) is 15.7. The Labute approximate surface area is 187 Å². The van der Waals surface area contributed by atoms with Gasteiger partial charge in [0.05, 0.1) is 6.61 Å². The molecule has 1 aromatic heterocycles.